The van der Waals surface area contributed by atoms with Crippen molar-refractivity contribution in [3.05, 3.63) is 113 Å². The van der Waals surface area contributed by atoms with Gasteiger partial charge < -0.3 is 5.32 Å². The number of hydrogen-bond acceptors (Lipinski definition) is 1. The zero-order chi connectivity index (χ0) is 20.7. The molecule has 1 atom stereocenters. The molecule has 0 heterocycles. The van der Waals surface area contributed by atoms with Crippen molar-refractivity contribution < 1.29 is 4.79 Å². The molecule has 1 amide bonds. The fourth-order valence-electron chi connectivity index (χ4n) is 4.78. The van der Waals surface area contributed by atoms with Crippen molar-refractivity contribution in [2.75, 3.05) is 5.32 Å². The van der Waals surface area contributed by atoms with Crippen LogP contribution in [0.15, 0.2) is 91.0 Å². The molecule has 0 aliphatic heterocycles. The van der Waals surface area contributed by atoms with Crippen LogP contribution in [0.2, 0.25) is 0 Å². The van der Waals surface area contributed by atoms with E-state index >= 15 is 0 Å². The van der Waals surface area contributed by atoms with Crippen molar-refractivity contribution >= 4 is 22.4 Å². The van der Waals surface area contributed by atoms with Crippen LogP contribution in [0, 0.1) is 19.8 Å². The molecule has 2 heteroatoms. The molecule has 0 unspecified atom stereocenters. The molecular weight excluding hydrogens is 366 g/mol. The van der Waals surface area contributed by atoms with Gasteiger partial charge in [0, 0.05) is 16.5 Å². The maximum Gasteiger partial charge on any atom is 0.228 e. The van der Waals surface area contributed by atoms with Gasteiger partial charge in [-0.05, 0) is 42.8 Å². The molecule has 0 radical (unpaired) electrons. The molecule has 0 spiro atoms. The minimum Gasteiger partial charge on any atom is -0.325 e. The van der Waals surface area contributed by atoms with Crippen molar-refractivity contribution in [3.8, 4) is 0 Å². The summed E-state index contributed by atoms with van der Waals surface area (Å²) in [7, 11) is 0. The van der Waals surface area contributed by atoms with Crippen LogP contribution in [0.25, 0.3) is 10.8 Å². The van der Waals surface area contributed by atoms with Crippen LogP contribution in [0.1, 0.15) is 28.7 Å². The topological polar surface area (TPSA) is 29.1 Å². The summed E-state index contributed by atoms with van der Waals surface area (Å²) in [4.78, 5) is 13.4. The van der Waals surface area contributed by atoms with Gasteiger partial charge in [0.15, 0.2) is 0 Å². The number of aryl methyl sites for hydroxylation is 2. The van der Waals surface area contributed by atoms with E-state index < -0.39 is 0 Å². The van der Waals surface area contributed by atoms with E-state index in [0.29, 0.717) is 0 Å². The molecule has 1 aliphatic rings. The highest BCUT2D eigenvalue weighted by Crippen LogP contribution is 2.59. The highest BCUT2D eigenvalue weighted by molar-refractivity contribution is 6.04. The Kier molecular flexibility index (Phi) is 4.43. The number of hydrogen-bond donors (Lipinski definition) is 1. The van der Waals surface area contributed by atoms with Crippen LogP contribution < -0.4 is 5.32 Å². The highest BCUT2D eigenvalue weighted by atomic mass is 16.2. The van der Waals surface area contributed by atoms with Gasteiger partial charge in [-0.15, -0.1) is 0 Å². The van der Waals surface area contributed by atoms with E-state index in [1.165, 1.54) is 22.3 Å². The number of benzene rings is 4. The Labute approximate surface area is 177 Å². The Balaban J connectivity index is 1.53. The molecule has 0 aromatic heterocycles. The maximum absolute atomic E-state index is 13.4. The van der Waals surface area contributed by atoms with E-state index in [0.717, 1.165) is 22.9 Å². The Bertz CT molecular complexity index is 1210. The number of fused-ring (bicyclic) bond motifs is 1. The van der Waals surface area contributed by atoms with Crippen molar-refractivity contribution in [2.45, 2.75) is 25.7 Å². The molecule has 0 saturated heterocycles. The number of amides is 1. The van der Waals surface area contributed by atoms with E-state index in [9.17, 15) is 4.79 Å². The molecule has 2 nitrogen and oxygen atoms in total. The van der Waals surface area contributed by atoms with Gasteiger partial charge >= 0.3 is 0 Å². The minimum absolute atomic E-state index is 0.0833. The fraction of sp³-hybridized carbons (Fsp3) is 0.179. The summed E-state index contributed by atoms with van der Waals surface area (Å²) in [6.45, 7) is 4.22. The predicted octanol–water partition coefficient (Wildman–Crippen LogP) is 6.40. The summed E-state index contributed by atoms with van der Waals surface area (Å²) < 4.78 is 0. The summed E-state index contributed by atoms with van der Waals surface area (Å²) in [6, 6.07) is 31.4. The molecule has 1 N–H and O–H groups in total. The second-order valence-electron chi connectivity index (χ2n) is 8.48. The number of rotatable bonds is 4. The first-order valence-electron chi connectivity index (χ1n) is 10.5. The van der Waals surface area contributed by atoms with E-state index in [2.05, 4.69) is 85.9 Å². The van der Waals surface area contributed by atoms with Crippen LogP contribution in [0.3, 0.4) is 0 Å². The zero-order valence-corrected chi connectivity index (χ0v) is 17.4. The largest absolute Gasteiger partial charge is 0.325 e. The Hall–Kier alpha value is -3.39. The first-order valence-corrected chi connectivity index (χ1v) is 10.5. The van der Waals surface area contributed by atoms with Crippen LogP contribution in [-0.2, 0) is 10.2 Å². The molecule has 1 saturated carbocycles. The summed E-state index contributed by atoms with van der Waals surface area (Å²) in [5.41, 5.74) is 5.52. The van der Waals surface area contributed by atoms with Crippen LogP contribution in [0.5, 0.6) is 0 Å². The Morgan fingerprint density at radius 3 is 2.07 bits per heavy atom. The smallest absolute Gasteiger partial charge is 0.228 e. The molecule has 1 aliphatic carbocycles. The lowest BCUT2D eigenvalue weighted by Crippen LogP contribution is -2.22. The van der Waals surface area contributed by atoms with Gasteiger partial charge in [-0.3, -0.25) is 4.79 Å². The van der Waals surface area contributed by atoms with Crippen molar-refractivity contribution in [1.82, 2.24) is 0 Å². The molecule has 1 fully saturated rings. The first-order chi connectivity index (χ1) is 14.6. The predicted molar refractivity (Wildman–Crippen MR) is 124 cm³/mol. The van der Waals surface area contributed by atoms with Gasteiger partial charge in [-0.25, -0.2) is 0 Å². The standard InChI is InChI=1S/C28H25NO/c1-19-8-5-12-22(16-19)28(23-13-6-9-20(2)17-23)18-25(28)27(30)29-26-15-7-11-21-10-3-4-14-24(21)26/h3-17,25H,18H2,1-2H3,(H,29,30)/t25-/m1/s1. The molecular formula is C28H25NO. The van der Waals surface area contributed by atoms with Gasteiger partial charge in [0.1, 0.15) is 0 Å². The van der Waals surface area contributed by atoms with E-state index in [4.69, 9.17) is 0 Å². The molecule has 30 heavy (non-hydrogen) atoms. The number of carbonyl (C=O) groups is 1. The van der Waals surface area contributed by atoms with Crippen molar-refractivity contribution in [1.29, 1.82) is 0 Å². The second kappa shape index (κ2) is 7.14. The van der Waals surface area contributed by atoms with Crippen LogP contribution in [-0.4, -0.2) is 5.91 Å². The fourth-order valence-corrected chi connectivity index (χ4v) is 4.78. The maximum atomic E-state index is 13.4. The lowest BCUT2D eigenvalue weighted by atomic mass is 9.84. The molecule has 5 rings (SSSR count). The monoisotopic (exact) mass is 391 g/mol. The molecule has 0 bridgehead atoms. The number of anilines is 1. The van der Waals surface area contributed by atoms with Gasteiger partial charge in [0.2, 0.25) is 5.91 Å². The van der Waals surface area contributed by atoms with Crippen LogP contribution >= 0.6 is 0 Å². The van der Waals surface area contributed by atoms with Crippen molar-refractivity contribution in [2.24, 2.45) is 5.92 Å². The normalized spacial score (nSPS) is 16.9. The number of carbonyl (C=O) groups excluding carboxylic acids is 1. The second-order valence-corrected chi connectivity index (χ2v) is 8.48. The summed E-state index contributed by atoms with van der Waals surface area (Å²) in [5, 5.41) is 5.44. The van der Waals surface area contributed by atoms with E-state index in [1.807, 2.05) is 24.3 Å². The lowest BCUT2D eigenvalue weighted by molar-refractivity contribution is -0.117. The third-order valence-electron chi connectivity index (χ3n) is 6.39. The molecule has 4 aromatic rings. The third kappa shape index (κ3) is 3.09. The molecule has 4 aromatic carbocycles. The van der Waals surface area contributed by atoms with Gasteiger partial charge in [0.05, 0.1) is 5.92 Å². The summed E-state index contributed by atoms with van der Waals surface area (Å²) in [6.07, 6.45) is 0.830. The molecule has 148 valence electrons. The van der Waals surface area contributed by atoms with E-state index in [-0.39, 0.29) is 17.2 Å². The van der Waals surface area contributed by atoms with Crippen molar-refractivity contribution in [3.63, 3.8) is 0 Å². The third-order valence-corrected chi connectivity index (χ3v) is 6.39. The number of nitrogens with one attached hydrogen (secondary N) is 1. The Morgan fingerprint density at radius 1 is 0.800 bits per heavy atom. The lowest BCUT2D eigenvalue weighted by Gasteiger charge is -2.20. The zero-order valence-electron chi connectivity index (χ0n) is 17.4. The van der Waals surface area contributed by atoms with Gasteiger partial charge in [-0.1, -0.05) is 96.1 Å². The summed E-state index contributed by atoms with van der Waals surface area (Å²) >= 11 is 0. The SMILES string of the molecule is Cc1cccc(C2(c3cccc(C)c3)C[C@@H]2C(=O)Nc2cccc3ccccc23)c1. The quantitative estimate of drug-likeness (QED) is 0.428. The summed E-state index contributed by atoms with van der Waals surface area (Å²) in [5.74, 6) is 0.00873. The highest BCUT2D eigenvalue weighted by Gasteiger charge is 2.60. The first kappa shape index (κ1) is 18.6. The Morgan fingerprint density at radius 2 is 1.40 bits per heavy atom. The average Bonchev–Trinajstić information content (AvgIpc) is 3.51. The minimum atomic E-state index is -0.257. The van der Waals surface area contributed by atoms with Gasteiger partial charge in [-0.2, -0.15) is 0 Å². The average molecular weight is 392 g/mol. The van der Waals surface area contributed by atoms with E-state index in [1.54, 1.807) is 0 Å². The van der Waals surface area contributed by atoms with Gasteiger partial charge in [0.25, 0.3) is 0 Å². The van der Waals surface area contributed by atoms with Crippen LogP contribution in [0.4, 0.5) is 5.69 Å².